The molecule has 0 fully saturated rings. The molecule has 0 spiro atoms. The van der Waals surface area contributed by atoms with E-state index in [0.29, 0.717) is 6.42 Å². The van der Waals surface area contributed by atoms with Crippen molar-refractivity contribution in [3.63, 3.8) is 0 Å². The number of nitrogens with zero attached hydrogens (tertiary/aromatic N) is 1. The molecule has 0 aliphatic heterocycles. The van der Waals surface area contributed by atoms with Gasteiger partial charge in [-0.05, 0) is 34.5 Å². The van der Waals surface area contributed by atoms with E-state index >= 15 is 0 Å². The van der Waals surface area contributed by atoms with Crippen molar-refractivity contribution in [3.05, 3.63) is 36.4 Å². The van der Waals surface area contributed by atoms with E-state index in [2.05, 4.69) is 47.1 Å². The van der Waals surface area contributed by atoms with Gasteiger partial charge in [-0.15, -0.1) is 22.7 Å². The normalized spacial score (nSPS) is 11.8. The Hall–Kier alpha value is -0.520. The van der Waals surface area contributed by atoms with Crippen molar-refractivity contribution in [2.75, 3.05) is 0 Å². The van der Waals surface area contributed by atoms with Gasteiger partial charge in [0, 0.05) is 10.8 Å². The lowest BCUT2D eigenvalue weighted by Gasteiger charge is -2.14. The highest BCUT2D eigenvalue weighted by molar-refractivity contribution is 9.11. The zero-order valence-corrected chi connectivity index (χ0v) is 14.6. The number of hydrogen-bond donors (Lipinski definition) is 0. The van der Waals surface area contributed by atoms with Crippen LogP contribution in [-0.4, -0.2) is 10.8 Å². The fourth-order valence-corrected chi connectivity index (χ4v) is 4.05. The average Bonchev–Trinajstić information content (AvgIpc) is 2.86. The lowest BCUT2D eigenvalue weighted by atomic mass is 9.93. The molecule has 2 aromatic rings. The molecule has 0 N–H and O–H groups in total. The topological polar surface area (TPSA) is 30.0 Å². The number of thiazole rings is 1. The molecule has 0 amide bonds. The first-order valence-electron chi connectivity index (χ1n) is 6.01. The summed E-state index contributed by atoms with van der Waals surface area (Å²) in [6.07, 6.45) is 0.396. The van der Waals surface area contributed by atoms with Gasteiger partial charge in [-0.3, -0.25) is 4.79 Å². The first-order valence-corrected chi connectivity index (χ1v) is 8.50. The standard InChI is InChI=1S/C14H16BrNOS2/c1-8-5-10(19-13(8)15)9(17)6-12-16-11(7-18-12)14(2,3)4/h5,7H,6H2,1-4H3. The molecular formula is C14H16BrNOS2. The molecule has 19 heavy (non-hydrogen) atoms. The van der Waals surface area contributed by atoms with Gasteiger partial charge >= 0.3 is 0 Å². The molecule has 0 unspecified atom stereocenters. The lowest BCUT2D eigenvalue weighted by Crippen LogP contribution is -2.12. The van der Waals surface area contributed by atoms with Crippen LogP contribution in [-0.2, 0) is 11.8 Å². The fraction of sp³-hybridized carbons (Fsp3) is 0.429. The van der Waals surface area contributed by atoms with E-state index in [-0.39, 0.29) is 11.2 Å². The van der Waals surface area contributed by atoms with Gasteiger partial charge in [-0.25, -0.2) is 4.98 Å². The van der Waals surface area contributed by atoms with Crippen LogP contribution in [0.4, 0.5) is 0 Å². The highest BCUT2D eigenvalue weighted by Gasteiger charge is 2.19. The van der Waals surface area contributed by atoms with Gasteiger partial charge in [0.05, 0.1) is 20.8 Å². The lowest BCUT2D eigenvalue weighted by molar-refractivity contribution is 0.0996. The summed E-state index contributed by atoms with van der Waals surface area (Å²) in [6.45, 7) is 8.40. The van der Waals surface area contributed by atoms with Gasteiger partial charge in [-0.1, -0.05) is 20.8 Å². The molecule has 2 heterocycles. The summed E-state index contributed by atoms with van der Waals surface area (Å²) in [5, 5.41) is 2.95. The average molecular weight is 358 g/mol. The number of Topliss-reactive ketones (excluding diaryl/α,β-unsaturated/α-hetero) is 1. The number of aryl methyl sites for hydroxylation is 1. The van der Waals surface area contributed by atoms with E-state index in [1.54, 1.807) is 11.3 Å². The third kappa shape index (κ3) is 3.52. The van der Waals surface area contributed by atoms with Crippen molar-refractivity contribution in [1.29, 1.82) is 0 Å². The summed E-state index contributed by atoms with van der Waals surface area (Å²) in [5.74, 6) is 0.147. The summed E-state index contributed by atoms with van der Waals surface area (Å²) < 4.78 is 1.03. The monoisotopic (exact) mass is 357 g/mol. The van der Waals surface area contributed by atoms with Crippen LogP contribution < -0.4 is 0 Å². The molecule has 0 atom stereocenters. The number of hydrogen-bond acceptors (Lipinski definition) is 4. The van der Waals surface area contributed by atoms with Gasteiger partial charge in [0.15, 0.2) is 5.78 Å². The molecule has 102 valence electrons. The van der Waals surface area contributed by atoms with E-state index in [9.17, 15) is 4.79 Å². The first kappa shape index (κ1) is 14.9. The van der Waals surface area contributed by atoms with Crippen LogP contribution >= 0.6 is 38.6 Å². The summed E-state index contributed by atoms with van der Waals surface area (Å²) in [6, 6.07) is 1.94. The molecule has 0 radical (unpaired) electrons. The van der Waals surface area contributed by atoms with Gasteiger partial charge in [0.1, 0.15) is 5.01 Å². The number of ketones is 1. The molecule has 0 saturated heterocycles. The van der Waals surface area contributed by atoms with Crippen LogP contribution in [0.15, 0.2) is 15.2 Å². The molecule has 2 rings (SSSR count). The second-order valence-corrected chi connectivity index (χ2v) is 8.86. The SMILES string of the molecule is Cc1cc(C(=O)Cc2nc(C(C)(C)C)cs2)sc1Br. The quantitative estimate of drug-likeness (QED) is 0.723. The predicted molar refractivity (Wildman–Crippen MR) is 85.6 cm³/mol. The summed E-state index contributed by atoms with van der Waals surface area (Å²) >= 11 is 6.52. The molecule has 5 heteroatoms. The smallest absolute Gasteiger partial charge is 0.179 e. The zero-order chi connectivity index (χ0) is 14.2. The Morgan fingerprint density at radius 2 is 2.11 bits per heavy atom. The number of thiophene rings is 1. The zero-order valence-electron chi connectivity index (χ0n) is 11.4. The number of aromatic nitrogens is 1. The van der Waals surface area contributed by atoms with E-state index in [1.807, 2.05) is 13.0 Å². The summed E-state index contributed by atoms with van der Waals surface area (Å²) in [5.41, 5.74) is 2.21. The summed E-state index contributed by atoms with van der Waals surface area (Å²) in [7, 11) is 0. The van der Waals surface area contributed by atoms with Gasteiger partial charge < -0.3 is 0 Å². The third-order valence-electron chi connectivity index (χ3n) is 2.76. The van der Waals surface area contributed by atoms with E-state index in [4.69, 9.17) is 0 Å². The van der Waals surface area contributed by atoms with Crippen molar-refractivity contribution >= 4 is 44.4 Å². The Morgan fingerprint density at radius 3 is 2.58 bits per heavy atom. The van der Waals surface area contributed by atoms with E-state index in [1.165, 1.54) is 11.3 Å². The maximum absolute atomic E-state index is 12.2. The van der Waals surface area contributed by atoms with Crippen LogP contribution in [0.5, 0.6) is 0 Å². The van der Waals surface area contributed by atoms with Crippen LogP contribution in [0.1, 0.15) is 46.7 Å². The number of carbonyl (C=O) groups is 1. The fourth-order valence-electron chi connectivity index (χ4n) is 1.56. The highest BCUT2D eigenvalue weighted by atomic mass is 79.9. The predicted octanol–water partition coefficient (Wildman–Crippen LogP) is 5.00. The van der Waals surface area contributed by atoms with Crippen LogP contribution in [0, 0.1) is 6.92 Å². The summed E-state index contributed by atoms with van der Waals surface area (Å²) in [4.78, 5) is 17.6. The Bertz CT molecular complexity index is 588. The number of rotatable bonds is 3. The molecular weight excluding hydrogens is 342 g/mol. The molecule has 0 saturated carbocycles. The van der Waals surface area contributed by atoms with Crippen LogP contribution in [0.25, 0.3) is 0 Å². The molecule has 2 aromatic heterocycles. The van der Waals surface area contributed by atoms with Gasteiger partial charge in [-0.2, -0.15) is 0 Å². The second-order valence-electron chi connectivity index (χ2n) is 5.54. The Balaban J connectivity index is 2.13. The molecule has 0 aliphatic carbocycles. The Morgan fingerprint density at radius 1 is 1.42 bits per heavy atom. The number of carbonyl (C=O) groups excluding carboxylic acids is 1. The molecule has 2 nitrogen and oxygen atoms in total. The van der Waals surface area contributed by atoms with Gasteiger partial charge in [0.2, 0.25) is 0 Å². The molecule has 0 bridgehead atoms. The van der Waals surface area contributed by atoms with Crippen molar-refractivity contribution in [2.24, 2.45) is 0 Å². The van der Waals surface area contributed by atoms with E-state index < -0.39 is 0 Å². The Kier molecular flexibility index (Phi) is 4.28. The molecule has 0 aromatic carbocycles. The van der Waals surface area contributed by atoms with Crippen molar-refractivity contribution in [3.8, 4) is 0 Å². The van der Waals surface area contributed by atoms with Crippen molar-refractivity contribution in [2.45, 2.75) is 39.5 Å². The highest BCUT2D eigenvalue weighted by Crippen LogP contribution is 2.29. The third-order valence-corrected chi connectivity index (χ3v) is 5.79. The van der Waals surface area contributed by atoms with E-state index in [0.717, 1.165) is 24.9 Å². The van der Waals surface area contributed by atoms with Crippen molar-refractivity contribution < 1.29 is 4.79 Å². The largest absolute Gasteiger partial charge is 0.293 e. The minimum Gasteiger partial charge on any atom is -0.293 e. The minimum atomic E-state index is 0.0420. The number of halogens is 1. The van der Waals surface area contributed by atoms with Crippen LogP contribution in [0.3, 0.4) is 0 Å². The Labute approximate surface area is 130 Å². The first-order chi connectivity index (χ1) is 8.77. The maximum atomic E-state index is 12.2. The molecule has 0 aliphatic rings. The minimum absolute atomic E-state index is 0.0420. The van der Waals surface area contributed by atoms with Crippen LogP contribution in [0.2, 0.25) is 0 Å². The van der Waals surface area contributed by atoms with Gasteiger partial charge in [0.25, 0.3) is 0 Å². The second kappa shape index (κ2) is 5.46. The maximum Gasteiger partial charge on any atom is 0.179 e. The van der Waals surface area contributed by atoms with Crippen molar-refractivity contribution in [1.82, 2.24) is 4.98 Å².